The molecule has 2 rings (SSSR count). The van der Waals surface area contributed by atoms with Crippen molar-refractivity contribution in [2.75, 3.05) is 13.1 Å². The minimum Gasteiger partial charge on any atom is -0.336 e. The van der Waals surface area contributed by atoms with E-state index >= 15 is 0 Å². The zero-order valence-corrected chi connectivity index (χ0v) is 9.10. The van der Waals surface area contributed by atoms with Gasteiger partial charge >= 0.3 is 0 Å². The Morgan fingerprint density at radius 1 is 1.38 bits per heavy atom. The first-order chi connectivity index (χ1) is 7.27. The first-order valence-corrected chi connectivity index (χ1v) is 5.24. The third-order valence-electron chi connectivity index (χ3n) is 3.47. The first kappa shape index (κ1) is 11.5. The number of alkyl halides is 3. The topological polar surface area (TPSA) is 20.3 Å². The minimum absolute atomic E-state index is 0.0272. The normalized spacial score (nSPS) is 26.9. The van der Waals surface area contributed by atoms with Crippen molar-refractivity contribution in [1.29, 1.82) is 0 Å². The van der Waals surface area contributed by atoms with Gasteiger partial charge in [-0.15, -0.1) is 0 Å². The second kappa shape index (κ2) is 3.25. The van der Waals surface area contributed by atoms with Crippen LogP contribution in [0.2, 0.25) is 0 Å². The molecule has 2 fully saturated rings. The van der Waals surface area contributed by atoms with Crippen molar-refractivity contribution >= 4 is 5.91 Å². The lowest BCUT2D eigenvalue weighted by Gasteiger charge is -2.50. The molecule has 1 amide bonds. The molecule has 2 aliphatic rings. The third kappa shape index (κ3) is 1.53. The highest BCUT2D eigenvalue weighted by Gasteiger charge is 2.62. The number of halogens is 3. The molecule has 2 nitrogen and oxygen atoms in total. The average Bonchev–Trinajstić information content (AvgIpc) is 2.06. The Labute approximate surface area is 92.1 Å². The van der Waals surface area contributed by atoms with Crippen molar-refractivity contribution in [2.24, 2.45) is 5.41 Å². The van der Waals surface area contributed by atoms with Gasteiger partial charge < -0.3 is 4.90 Å². The van der Waals surface area contributed by atoms with Crippen LogP contribution >= 0.6 is 0 Å². The molecule has 0 aromatic rings. The van der Waals surface area contributed by atoms with Gasteiger partial charge in [0.25, 0.3) is 5.92 Å². The van der Waals surface area contributed by atoms with E-state index in [9.17, 15) is 18.0 Å². The maximum absolute atomic E-state index is 12.9. The summed E-state index contributed by atoms with van der Waals surface area (Å²) in [5.41, 5.74) is -0.699. The number of nitrogens with zero attached hydrogens (tertiary/aromatic N) is 1. The summed E-state index contributed by atoms with van der Waals surface area (Å²) >= 11 is 0. The highest BCUT2D eigenvalue weighted by molar-refractivity contribution is 5.88. The molecule has 0 N–H and O–H groups in total. The van der Waals surface area contributed by atoms with E-state index in [1.54, 1.807) is 6.92 Å². The molecule has 16 heavy (non-hydrogen) atoms. The van der Waals surface area contributed by atoms with Gasteiger partial charge in [-0.05, 0) is 6.92 Å². The number of likely N-dealkylation sites (tertiary alicyclic amines) is 1. The molecule has 5 heteroatoms. The second-order valence-electron chi connectivity index (χ2n) is 4.88. The summed E-state index contributed by atoms with van der Waals surface area (Å²) < 4.78 is 38.5. The number of carbonyl (C=O) groups excluding carboxylic acids is 1. The molecule has 1 aliphatic heterocycles. The zero-order valence-electron chi connectivity index (χ0n) is 9.10. The fraction of sp³-hybridized carbons (Fsp3) is 0.727. The van der Waals surface area contributed by atoms with Crippen LogP contribution in [0.3, 0.4) is 0 Å². The Morgan fingerprint density at radius 2 is 1.88 bits per heavy atom. The molecular formula is C11H14F3NO. The van der Waals surface area contributed by atoms with E-state index in [1.165, 1.54) is 4.90 Å². The van der Waals surface area contributed by atoms with Gasteiger partial charge in [-0.1, -0.05) is 12.2 Å². The second-order valence-corrected chi connectivity index (χ2v) is 4.88. The standard InChI is InChI=1S/C11H14F3NO/c1-7(2)10(5-11(13,14)6-10)9(16)15-3-8(12)4-15/h8H,1,3-6H2,2H3. The largest absolute Gasteiger partial charge is 0.336 e. The van der Waals surface area contributed by atoms with E-state index in [0.717, 1.165) is 0 Å². The van der Waals surface area contributed by atoms with E-state index in [2.05, 4.69) is 6.58 Å². The van der Waals surface area contributed by atoms with Gasteiger partial charge in [-0.25, -0.2) is 13.2 Å². The summed E-state index contributed by atoms with van der Waals surface area (Å²) in [6.45, 7) is 5.26. The molecule has 90 valence electrons. The predicted molar refractivity (Wildman–Crippen MR) is 52.9 cm³/mol. The number of rotatable bonds is 2. The summed E-state index contributed by atoms with van der Waals surface area (Å²) in [5, 5.41) is 0. The van der Waals surface area contributed by atoms with Crippen LogP contribution in [-0.4, -0.2) is 36.0 Å². The van der Waals surface area contributed by atoms with Crippen molar-refractivity contribution < 1.29 is 18.0 Å². The maximum atomic E-state index is 12.9. The molecule has 0 unspecified atom stereocenters. The van der Waals surface area contributed by atoms with Crippen molar-refractivity contribution in [2.45, 2.75) is 31.9 Å². The van der Waals surface area contributed by atoms with Crippen LogP contribution in [0.4, 0.5) is 13.2 Å². The molecule has 0 bridgehead atoms. The highest BCUT2D eigenvalue weighted by Crippen LogP contribution is 2.56. The van der Waals surface area contributed by atoms with Gasteiger partial charge in [0.05, 0.1) is 18.5 Å². The number of hydrogen-bond acceptors (Lipinski definition) is 1. The Balaban J connectivity index is 2.10. The van der Waals surface area contributed by atoms with Gasteiger partial charge in [-0.3, -0.25) is 4.79 Å². The van der Waals surface area contributed by atoms with E-state index in [1.807, 2.05) is 0 Å². The van der Waals surface area contributed by atoms with Crippen LogP contribution in [-0.2, 0) is 4.79 Å². The van der Waals surface area contributed by atoms with Gasteiger partial charge in [0, 0.05) is 12.8 Å². The lowest BCUT2D eigenvalue weighted by atomic mass is 9.61. The fourth-order valence-corrected chi connectivity index (χ4v) is 2.36. The average molecular weight is 233 g/mol. The number of hydrogen-bond donors (Lipinski definition) is 0. The van der Waals surface area contributed by atoms with Crippen LogP contribution in [0.25, 0.3) is 0 Å². The molecule has 1 aliphatic carbocycles. The van der Waals surface area contributed by atoms with Crippen LogP contribution in [0.1, 0.15) is 19.8 Å². The van der Waals surface area contributed by atoms with Gasteiger partial charge in [-0.2, -0.15) is 0 Å². The number of carbonyl (C=O) groups is 1. The van der Waals surface area contributed by atoms with Gasteiger partial charge in [0.2, 0.25) is 5.91 Å². The molecule has 0 radical (unpaired) electrons. The Kier molecular flexibility index (Phi) is 2.33. The maximum Gasteiger partial charge on any atom is 0.250 e. The lowest BCUT2D eigenvalue weighted by Crippen LogP contribution is -2.62. The van der Waals surface area contributed by atoms with E-state index in [0.29, 0.717) is 5.57 Å². The van der Waals surface area contributed by atoms with Crippen molar-refractivity contribution in [1.82, 2.24) is 4.90 Å². The molecule has 0 aromatic carbocycles. The molecule has 0 aromatic heterocycles. The lowest BCUT2D eigenvalue weighted by molar-refractivity contribution is -0.183. The summed E-state index contributed by atoms with van der Waals surface area (Å²) in [7, 11) is 0. The Bertz CT molecular complexity index is 339. The zero-order chi connectivity index (χ0) is 12.1. The van der Waals surface area contributed by atoms with E-state index < -0.39 is 30.4 Å². The van der Waals surface area contributed by atoms with Crippen LogP contribution in [0, 0.1) is 5.41 Å². The van der Waals surface area contributed by atoms with E-state index in [4.69, 9.17) is 0 Å². The summed E-state index contributed by atoms with van der Waals surface area (Å²) in [5.74, 6) is -3.17. The first-order valence-electron chi connectivity index (χ1n) is 5.24. The van der Waals surface area contributed by atoms with Crippen LogP contribution < -0.4 is 0 Å². The van der Waals surface area contributed by atoms with Crippen LogP contribution in [0.5, 0.6) is 0 Å². The summed E-state index contributed by atoms with van der Waals surface area (Å²) in [6.07, 6.45) is -1.98. The SMILES string of the molecule is C=C(C)C1(C(=O)N2CC(F)C2)CC(F)(F)C1. The van der Waals surface area contributed by atoms with Crippen LogP contribution in [0.15, 0.2) is 12.2 Å². The molecule has 0 atom stereocenters. The van der Waals surface area contributed by atoms with Gasteiger partial charge in [0.15, 0.2) is 0 Å². The molecule has 1 saturated carbocycles. The number of amides is 1. The smallest absolute Gasteiger partial charge is 0.250 e. The predicted octanol–water partition coefficient (Wildman–Crippen LogP) is 2.16. The molecule has 0 spiro atoms. The minimum atomic E-state index is -2.78. The Morgan fingerprint density at radius 3 is 2.19 bits per heavy atom. The summed E-state index contributed by atoms with van der Waals surface area (Å²) in [6, 6.07) is 0. The highest BCUT2D eigenvalue weighted by atomic mass is 19.3. The van der Waals surface area contributed by atoms with E-state index in [-0.39, 0.29) is 19.0 Å². The molecule has 1 saturated heterocycles. The van der Waals surface area contributed by atoms with Crippen molar-refractivity contribution in [3.8, 4) is 0 Å². The molecule has 1 heterocycles. The Hall–Kier alpha value is -1.00. The van der Waals surface area contributed by atoms with Crippen molar-refractivity contribution in [3.63, 3.8) is 0 Å². The quantitative estimate of drug-likeness (QED) is 0.669. The third-order valence-corrected chi connectivity index (χ3v) is 3.47. The monoisotopic (exact) mass is 233 g/mol. The summed E-state index contributed by atoms with van der Waals surface area (Å²) in [4.78, 5) is 13.3. The fourth-order valence-electron chi connectivity index (χ4n) is 2.36. The van der Waals surface area contributed by atoms with Gasteiger partial charge in [0.1, 0.15) is 6.17 Å². The van der Waals surface area contributed by atoms with Crippen molar-refractivity contribution in [3.05, 3.63) is 12.2 Å². The molecular weight excluding hydrogens is 219 g/mol.